The minimum Gasteiger partial charge on any atom is -0.445 e. The topological polar surface area (TPSA) is 294 Å². The minimum atomic E-state index is -4.12. The Bertz CT molecular complexity index is 840. The van der Waals surface area contributed by atoms with Crippen molar-refractivity contribution in [2.45, 2.75) is 78.5 Å². The van der Waals surface area contributed by atoms with Crippen LogP contribution in [0.5, 0.6) is 0 Å². The van der Waals surface area contributed by atoms with Gasteiger partial charge < -0.3 is 75.1 Å². The van der Waals surface area contributed by atoms with Crippen LogP contribution in [0, 0.1) is 0 Å². The first kappa shape index (κ1) is 28.0. The summed E-state index contributed by atoms with van der Waals surface area (Å²) in [6.45, 7) is -3.15. The molecule has 3 rings (SSSR count). The molecule has 0 aromatic rings. The fourth-order valence-electron chi connectivity index (χ4n) is 4.54. The van der Waals surface area contributed by atoms with Gasteiger partial charge in [0.2, 0.25) is 17.5 Å². The molecule has 0 aliphatic carbocycles. The minimum absolute atomic E-state index is 1.01. The average Bonchev–Trinajstić information content (AvgIpc) is 2.83. The lowest BCUT2D eigenvalue weighted by Crippen LogP contribution is -2.92. The zero-order valence-electron chi connectivity index (χ0n) is 18.1. The molecule has 11 N–H and O–H groups in total. The fourth-order valence-corrected chi connectivity index (χ4v) is 4.54. The molecule has 17 heteroatoms. The Morgan fingerprint density at radius 2 is 1.43 bits per heavy atom. The Labute approximate surface area is 195 Å². The lowest BCUT2D eigenvalue weighted by atomic mass is 9.64. The first-order valence-corrected chi connectivity index (χ1v) is 10.3. The zero-order chi connectivity index (χ0) is 26.7. The summed E-state index contributed by atoms with van der Waals surface area (Å²) in [5.74, 6) is -11.5. The molecule has 0 radical (unpaired) electrons. The Morgan fingerprint density at radius 3 is 1.94 bits per heavy atom. The second kappa shape index (κ2) is 9.06. The van der Waals surface area contributed by atoms with Crippen molar-refractivity contribution in [1.82, 2.24) is 0 Å². The van der Waals surface area contributed by atoms with Gasteiger partial charge in [0.25, 0.3) is 11.4 Å². The number of esters is 2. The smallest absolute Gasteiger partial charge is 0.359 e. The SMILES string of the molecule is C[C@@H]1OC(O)(C2(O)C(O)C(O)C(CO)OC2(O)C2(CO)OC(=O)C(CO)OC2=O)[C@H](O)[C@H](O)[C@H]1O. The normalized spacial score (nSPS) is 53.1. The number of carbonyl (C=O) groups excluding carboxylic acids is 2. The monoisotopic (exact) mass is 516 g/mol. The van der Waals surface area contributed by atoms with E-state index in [0.29, 0.717) is 0 Å². The van der Waals surface area contributed by atoms with Crippen LogP contribution >= 0.6 is 0 Å². The maximum atomic E-state index is 12.9. The highest BCUT2D eigenvalue weighted by Crippen LogP contribution is 2.54. The average molecular weight is 516 g/mol. The maximum absolute atomic E-state index is 12.9. The highest BCUT2D eigenvalue weighted by molar-refractivity contribution is 5.92. The molecule has 3 fully saturated rings. The van der Waals surface area contributed by atoms with Crippen molar-refractivity contribution < 1.29 is 84.7 Å². The van der Waals surface area contributed by atoms with Crippen LogP contribution in [0.15, 0.2) is 0 Å². The predicted octanol–water partition coefficient (Wildman–Crippen LogP) is -8.10. The van der Waals surface area contributed by atoms with E-state index >= 15 is 0 Å². The van der Waals surface area contributed by atoms with Crippen LogP contribution in [0.25, 0.3) is 0 Å². The van der Waals surface area contributed by atoms with Crippen molar-refractivity contribution in [1.29, 1.82) is 0 Å². The van der Waals surface area contributed by atoms with Gasteiger partial charge >= 0.3 is 11.9 Å². The molecule has 3 heterocycles. The second-order valence-electron chi connectivity index (χ2n) is 8.61. The number of cyclic esters (lactones) is 2. The van der Waals surface area contributed by atoms with Crippen LogP contribution in [0.2, 0.25) is 0 Å². The Balaban J connectivity index is 2.30. The number of aliphatic hydroxyl groups excluding tert-OH is 8. The quantitative estimate of drug-likeness (QED) is 0.151. The molecule has 12 atom stereocenters. The third-order valence-electron chi connectivity index (χ3n) is 6.67. The van der Waals surface area contributed by atoms with Crippen LogP contribution in [0.1, 0.15) is 6.92 Å². The van der Waals surface area contributed by atoms with Crippen LogP contribution in [0.3, 0.4) is 0 Å². The summed E-state index contributed by atoms with van der Waals surface area (Å²) in [5, 5.41) is 115. The molecule has 17 nitrogen and oxygen atoms in total. The van der Waals surface area contributed by atoms with Gasteiger partial charge in [-0.15, -0.1) is 0 Å². The predicted molar refractivity (Wildman–Crippen MR) is 100 cm³/mol. The van der Waals surface area contributed by atoms with Gasteiger partial charge in [0.05, 0.1) is 25.9 Å². The van der Waals surface area contributed by atoms with Crippen molar-refractivity contribution in [2.75, 3.05) is 19.8 Å². The van der Waals surface area contributed by atoms with Crippen molar-refractivity contribution in [2.24, 2.45) is 0 Å². The number of hydrogen-bond acceptors (Lipinski definition) is 17. The number of rotatable bonds is 5. The summed E-state index contributed by atoms with van der Waals surface area (Å²) in [6.07, 6.45) is -18.2. The standard InChI is InChI=1S/C18H28O17/c1-5-8(22)10(24)12(26)17(30,33-5)16(29)11(25)9(23)6(2-19)34-18(16,31)15(4-21)14(28)32-7(3-20)13(27)35-15/h5-12,19-26,29-31H,2-4H2,1H3/t5-,6?,7?,8-,9?,10+,11?,12+,15?,16?,17?,18?/m0/s1. The van der Waals surface area contributed by atoms with E-state index in [-0.39, 0.29) is 0 Å². The van der Waals surface area contributed by atoms with Gasteiger partial charge in [0.1, 0.15) is 36.6 Å². The van der Waals surface area contributed by atoms with E-state index in [2.05, 4.69) is 4.74 Å². The zero-order valence-corrected chi connectivity index (χ0v) is 18.1. The number of hydrogen-bond donors (Lipinski definition) is 11. The van der Waals surface area contributed by atoms with Gasteiger partial charge in [-0.3, -0.25) is 0 Å². The second-order valence-corrected chi connectivity index (χ2v) is 8.61. The van der Waals surface area contributed by atoms with E-state index in [1.165, 1.54) is 0 Å². The van der Waals surface area contributed by atoms with Crippen molar-refractivity contribution in [3.63, 3.8) is 0 Å². The molecule has 0 aromatic carbocycles. The summed E-state index contributed by atoms with van der Waals surface area (Å²) in [7, 11) is 0. The van der Waals surface area contributed by atoms with Crippen molar-refractivity contribution in [3.8, 4) is 0 Å². The molecule has 0 aromatic heterocycles. The molecule has 202 valence electrons. The lowest BCUT2D eigenvalue weighted by molar-refractivity contribution is -0.508. The third kappa shape index (κ3) is 3.44. The molecule has 3 saturated heterocycles. The van der Waals surface area contributed by atoms with Gasteiger partial charge in [-0.05, 0) is 6.92 Å². The van der Waals surface area contributed by atoms with E-state index in [4.69, 9.17) is 14.2 Å². The van der Waals surface area contributed by atoms with E-state index < -0.39 is 103 Å². The van der Waals surface area contributed by atoms with E-state index in [9.17, 15) is 65.8 Å². The summed E-state index contributed by atoms with van der Waals surface area (Å²) >= 11 is 0. The Hall–Kier alpha value is -1.58. The molecule has 35 heavy (non-hydrogen) atoms. The van der Waals surface area contributed by atoms with Crippen LogP contribution < -0.4 is 0 Å². The van der Waals surface area contributed by atoms with Crippen LogP contribution in [-0.4, -0.2) is 160 Å². The summed E-state index contributed by atoms with van der Waals surface area (Å²) in [6, 6.07) is 0. The summed E-state index contributed by atoms with van der Waals surface area (Å²) in [5.41, 5.74) is -7.73. The van der Waals surface area contributed by atoms with E-state index in [0.717, 1.165) is 6.92 Å². The van der Waals surface area contributed by atoms with E-state index in [1.54, 1.807) is 0 Å². The first-order valence-electron chi connectivity index (χ1n) is 10.3. The van der Waals surface area contributed by atoms with Crippen LogP contribution in [0.4, 0.5) is 0 Å². The van der Waals surface area contributed by atoms with Gasteiger partial charge in [-0.1, -0.05) is 0 Å². The summed E-state index contributed by atoms with van der Waals surface area (Å²) < 4.78 is 19.5. The van der Waals surface area contributed by atoms with Crippen molar-refractivity contribution in [3.05, 3.63) is 0 Å². The van der Waals surface area contributed by atoms with Gasteiger partial charge in [0.15, 0.2) is 0 Å². The third-order valence-corrected chi connectivity index (χ3v) is 6.67. The highest BCUT2D eigenvalue weighted by atomic mass is 16.7. The molecule has 0 saturated carbocycles. The molecular formula is C18H28O17. The first-order chi connectivity index (χ1) is 16.1. The van der Waals surface area contributed by atoms with Gasteiger partial charge in [0, 0.05) is 0 Å². The lowest BCUT2D eigenvalue weighted by Gasteiger charge is -2.63. The van der Waals surface area contributed by atoms with Crippen LogP contribution in [-0.2, 0) is 28.5 Å². The number of aliphatic hydroxyl groups is 11. The molecule has 0 bridgehead atoms. The number of carbonyl (C=O) groups is 2. The largest absolute Gasteiger partial charge is 0.445 e. The molecule has 0 amide bonds. The summed E-state index contributed by atoms with van der Waals surface area (Å²) in [4.78, 5) is 25.2. The maximum Gasteiger partial charge on any atom is 0.359 e. The Kier molecular flexibility index (Phi) is 7.25. The fraction of sp³-hybridized carbons (Fsp3) is 0.889. The number of ether oxygens (including phenoxy) is 4. The molecule has 3 aliphatic heterocycles. The van der Waals surface area contributed by atoms with E-state index in [1.807, 2.05) is 0 Å². The Morgan fingerprint density at radius 1 is 0.829 bits per heavy atom. The van der Waals surface area contributed by atoms with Crippen molar-refractivity contribution >= 4 is 11.9 Å². The van der Waals surface area contributed by atoms with Gasteiger partial charge in [-0.25, -0.2) is 9.59 Å². The molecule has 8 unspecified atom stereocenters. The molecular weight excluding hydrogens is 488 g/mol. The molecule has 3 aliphatic rings. The van der Waals surface area contributed by atoms with Gasteiger partial charge in [-0.2, -0.15) is 0 Å². The molecule has 0 spiro atoms. The highest BCUT2D eigenvalue weighted by Gasteiger charge is 2.85.